The van der Waals surface area contributed by atoms with Gasteiger partial charge in [-0.1, -0.05) is 6.92 Å². The van der Waals surface area contributed by atoms with Crippen molar-refractivity contribution in [1.29, 1.82) is 0 Å². The molecule has 2 heterocycles. The quantitative estimate of drug-likeness (QED) is 0.383. The number of imidazole rings is 1. The number of benzene rings is 1. The predicted octanol–water partition coefficient (Wildman–Crippen LogP) is 4.31. The van der Waals surface area contributed by atoms with E-state index < -0.39 is 28.6 Å². The van der Waals surface area contributed by atoms with Gasteiger partial charge in [0.05, 0.1) is 12.3 Å². The molecule has 9 nitrogen and oxygen atoms in total. The highest BCUT2D eigenvalue weighted by Crippen LogP contribution is 2.43. The second-order valence-electron chi connectivity index (χ2n) is 10.4. The number of amides is 1. The average Bonchev–Trinajstić information content (AvgIpc) is 3.19. The van der Waals surface area contributed by atoms with Gasteiger partial charge in [-0.25, -0.2) is 23.1 Å². The molecule has 1 amide bonds. The SMILES string of the molecule is C[C@]1(C(N)=O)CC[C@@H](n2c(Nc3c(F)cc(F)cc3F)nc3cnc(N[C@H]4CCCC(O)C4)nc32)CC1. The topological polar surface area (TPSA) is 131 Å². The van der Waals surface area contributed by atoms with Gasteiger partial charge in [0, 0.05) is 29.6 Å². The van der Waals surface area contributed by atoms with Gasteiger partial charge in [-0.3, -0.25) is 9.36 Å². The third-order valence-electron chi connectivity index (χ3n) is 7.67. The van der Waals surface area contributed by atoms with E-state index in [1.54, 1.807) is 4.57 Å². The van der Waals surface area contributed by atoms with Crippen molar-refractivity contribution in [1.82, 2.24) is 19.5 Å². The third-order valence-corrected chi connectivity index (χ3v) is 7.67. The Kier molecular flexibility index (Phi) is 6.69. The number of aliphatic hydroxyl groups excluding tert-OH is 1. The molecule has 2 aliphatic carbocycles. The summed E-state index contributed by atoms with van der Waals surface area (Å²) in [7, 11) is 0. The van der Waals surface area contributed by atoms with E-state index in [1.165, 1.54) is 6.20 Å². The molecule has 3 aromatic rings. The number of halogens is 3. The number of fused-ring (bicyclic) bond motifs is 1. The number of rotatable bonds is 6. The molecule has 0 saturated heterocycles. The van der Waals surface area contributed by atoms with Gasteiger partial charge in [0.15, 0.2) is 17.3 Å². The van der Waals surface area contributed by atoms with Gasteiger partial charge in [-0.05, 0) is 51.4 Å². The Hall–Kier alpha value is -3.41. The monoisotopic (exact) mass is 517 g/mol. The summed E-state index contributed by atoms with van der Waals surface area (Å²) in [4.78, 5) is 25.5. The minimum atomic E-state index is -1.09. The molecule has 2 saturated carbocycles. The van der Waals surface area contributed by atoms with Crippen molar-refractivity contribution in [2.24, 2.45) is 11.1 Å². The van der Waals surface area contributed by atoms with Gasteiger partial charge in [0.1, 0.15) is 17.0 Å². The number of carbonyl (C=O) groups is 1. The second-order valence-corrected chi connectivity index (χ2v) is 10.4. The molecule has 12 heteroatoms. The lowest BCUT2D eigenvalue weighted by Gasteiger charge is -2.35. The summed E-state index contributed by atoms with van der Waals surface area (Å²) < 4.78 is 44.2. The van der Waals surface area contributed by atoms with Crippen LogP contribution in [0.5, 0.6) is 0 Å². The summed E-state index contributed by atoms with van der Waals surface area (Å²) in [5, 5.41) is 16.0. The number of hydrogen-bond acceptors (Lipinski definition) is 7. The Bertz CT molecular complexity index is 1300. The van der Waals surface area contributed by atoms with Crippen molar-refractivity contribution in [2.45, 2.75) is 76.5 Å². The van der Waals surface area contributed by atoms with Gasteiger partial charge in [0.2, 0.25) is 17.8 Å². The maximum absolute atomic E-state index is 14.5. The first-order valence-electron chi connectivity index (χ1n) is 12.5. The van der Waals surface area contributed by atoms with Crippen LogP contribution in [0.3, 0.4) is 0 Å². The van der Waals surface area contributed by atoms with Gasteiger partial charge in [0.25, 0.3) is 0 Å². The largest absolute Gasteiger partial charge is 0.393 e. The van der Waals surface area contributed by atoms with E-state index in [0.29, 0.717) is 61.3 Å². The second kappa shape index (κ2) is 9.81. The van der Waals surface area contributed by atoms with E-state index in [1.807, 2.05) is 6.92 Å². The molecule has 0 radical (unpaired) electrons. The van der Waals surface area contributed by atoms with Crippen molar-refractivity contribution in [3.63, 3.8) is 0 Å². The number of aliphatic hydroxyl groups is 1. The Labute approximate surface area is 211 Å². The molecule has 0 spiro atoms. The van der Waals surface area contributed by atoms with E-state index >= 15 is 0 Å². The number of primary amides is 1. The normalized spacial score (nSPS) is 26.2. The van der Waals surface area contributed by atoms with Crippen LogP contribution in [0.2, 0.25) is 0 Å². The molecule has 1 aromatic carbocycles. The molecule has 0 aliphatic heterocycles. The zero-order chi connectivity index (χ0) is 26.3. The fourth-order valence-electron chi connectivity index (χ4n) is 5.39. The standard InChI is InChI=1S/C25H30F3N7O2/c1-25(22(29)37)7-5-15(6-8-25)35-21-19(12-30-23(34-21)31-14-3-2-4-16(36)11-14)32-24(35)33-20-17(27)9-13(26)10-18(20)28/h9-10,12,14-16,36H,2-8,11H2,1H3,(H2,29,37)(H,32,33)(H,30,31,34)/t14-,15-,16?,25+/m0/s1. The maximum atomic E-state index is 14.5. The molecule has 5 rings (SSSR count). The van der Waals surface area contributed by atoms with E-state index in [2.05, 4.69) is 25.6 Å². The molecular formula is C25H30F3N7O2. The molecule has 198 valence electrons. The van der Waals surface area contributed by atoms with E-state index in [4.69, 9.17) is 5.73 Å². The lowest BCUT2D eigenvalue weighted by Crippen LogP contribution is -2.38. The number of nitrogens with one attached hydrogen (secondary N) is 2. The number of anilines is 3. The molecule has 37 heavy (non-hydrogen) atoms. The summed E-state index contributed by atoms with van der Waals surface area (Å²) in [6.07, 6.45) is 6.46. The lowest BCUT2D eigenvalue weighted by atomic mass is 9.73. The Morgan fingerprint density at radius 2 is 1.84 bits per heavy atom. The van der Waals surface area contributed by atoms with Crippen molar-refractivity contribution in [3.05, 3.63) is 35.8 Å². The maximum Gasteiger partial charge on any atom is 0.224 e. The third kappa shape index (κ3) is 5.07. The van der Waals surface area contributed by atoms with Crippen LogP contribution in [-0.2, 0) is 4.79 Å². The van der Waals surface area contributed by atoms with E-state index in [-0.39, 0.29) is 30.0 Å². The molecule has 0 bridgehead atoms. The minimum absolute atomic E-state index is 0.0172. The number of hydrogen-bond donors (Lipinski definition) is 4. The number of aromatic nitrogens is 4. The summed E-state index contributed by atoms with van der Waals surface area (Å²) in [5.41, 5.74) is 5.31. The van der Waals surface area contributed by atoms with Crippen LogP contribution < -0.4 is 16.4 Å². The van der Waals surface area contributed by atoms with Crippen LogP contribution in [0.25, 0.3) is 11.2 Å². The van der Waals surface area contributed by atoms with E-state index in [0.717, 1.165) is 19.3 Å². The smallest absolute Gasteiger partial charge is 0.224 e. The number of nitrogens with two attached hydrogens (primary N) is 1. The Morgan fingerprint density at radius 1 is 1.14 bits per heavy atom. The summed E-state index contributed by atoms with van der Waals surface area (Å²) in [6.45, 7) is 1.84. The fraction of sp³-hybridized carbons (Fsp3) is 0.520. The van der Waals surface area contributed by atoms with Crippen molar-refractivity contribution in [2.75, 3.05) is 10.6 Å². The zero-order valence-corrected chi connectivity index (χ0v) is 20.5. The summed E-state index contributed by atoms with van der Waals surface area (Å²) in [6, 6.07) is 1.02. The van der Waals surface area contributed by atoms with Crippen LogP contribution in [0, 0.1) is 22.9 Å². The highest BCUT2D eigenvalue weighted by molar-refractivity contribution is 5.80. The molecule has 1 unspecified atom stereocenters. The average molecular weight is 518 g/mol. The molecule has 5 N–H and O–H groups in total. The Balaban J connectivity index is 1.52. The molecule has 2 aliphatic rings. The van der Waals surface area contributed by atoms with Crippen LogP contribution in [0.4, 0.5) is 30.8 Å². The lowest BCUT2D eigenvalue weighted by molar-refractivity contribution is -0.128. The van der Waals surface area contributed by atoms with Gasteiger partial charge < -0.3 is 21.5 Å². The Morgan fingerprint density at radius 3 is 2.49 bits per heavy atom. The van der Waals surface area contributed by atoms with Crippen molar-refractivity contribution in [3.8, 4) is 0 Å². The van der Waals surface area contributed by atoms with Crippen LogP contribution in [0.1, 0.15) is 64.3 Å². The van der Waals surface area contributed by atoms with Gasteiger partial charge >= 0.3 is 0 Å². The first-order valence-corrected chi connectivity index (χ1v) is 12.5. The first-order chi connectivity index (χ1) is 17.6. The highest BCUT2D eigenvalue weighted by atomic mass is 19.1. The van der Waals surface area contributed by atoms with Gasteiger partial charge in [-0.2, -0.15) is 4.98 Å². The minimum Gasteiger partial charge on any atom is -0.393 e. The summed E-state index contributed by atoms with van der Waals surface area (Å²) >= 11 is 0. The fourth-order valence-corrected chi connectivity index (χ4v) is 5.39. The number of carbonyl (C=O) groups excluding carboxylic acids is 1. The van der Waals surface area contributed by atoms with Crippen molar-refractivity contribution < 1.29 is 23.1 Å². The molecular weight excluding hydrogens is 487 g/mol. The first kappa shape index (κ1) is 25.2. The van der Waals surface area contributed by atoms with E-state index in [9.17, 15) is 23.1 Å². The highest BCUT2D eigenvalue weighted by Gasteiger charge is 2.38. The molecule has 2 aromatic heterocycles. The van der Waals surface area contributed by atoms with Crippen LogP contribution in [0.15, 0.2) is 18.3 Å². The summed E-state index contributed by atoms with van der Waals surface area (Å²) in [5.74, 6) is -3.08. The number of nitrogens with zero attached hydrogens (tertiary/aromatic N) is 4. The van der Waals surface area contributed by atoms with Crippen LogP contribution >= 0.6 is 0 Å². The zero-order valence-electron chi connectivity index (χ0n) is 20.5. The molecule has 2 fully saturated rings. The van der Waals surface area contributed by atoms with Crippen molar-refractivity contribution >= 4 is 34.7 Å². The predicted molar refractivity (Wildman–Crippen MR) is 132 cm³/mol. The van der Waals surface area contributed by atoms with Crippen LogP contribution in [-0.4, -0.2) is 42.7 Å². The van der Waals surface area contributed by atoms with Gasteiger partial charge in [-0.15, -0.1) is 0 Å². The molecule has 2 atom stereocenters.